The van der Waals surface area contributed by atoms with E-state index in [1.54, 1.807) is 17.0 Å². The van der Waals surface area contributed by atoms with E-state index < -0.39 is 0 Å². The van der Waals surface area contributed by atoms with Gasteiger partial charge < -0.3 is 4.57 Å². The average molecular weight is 459 g/mol. The Labute approximate surface area is 195 Å². The van der Waals surface area contributed by atoms with Gasteiger partial charge in [-0.15, -0.1) is 0 Å². The topological polar surface area (TPSA) is 25.2 Å². The molecule has 0 N–H and O–H groups in total. The quantitative estimate of drug-likeness (QED) is 0.256. The summed E-state index contributed by atoms with van der Waals surface area (Å²) in [4.78, 5) is 15.4. The zero-order chi connectivity index (χ0) is 22.2. The summed E-state index contributed by atoms with van der Waals surface area (Å²) in [6.45, 7) is 2.37. The van der Waals surface area contributed by atoms with Crippen molar-refractivity contribution >= 4 is 56.9 Å². The Bertz CT molecular complexity index is 1410. The van der Waals surface area contributed by atoms with Crippen LogP contribution >= 0.6 is 24.0 Å². The molecule has 1 aromatic heterocycles. The van der Waals surface area contributed by atoms with Gasteiger partial charge in [-0.3, -0.25) is 9.69 Å². The minimum absolute atomic E-state index is 0.125. The highest BCUT2D eigenvalue weighted by molar-refractivity contribution is 8.27. The molecule has 6 heteroatoms. The summed E-state index contributed by atoms with van der Waals surface area (Å²) in [5.41, 5.74) is 4.30. The molecule has 1 aliphatic rings. The van der Waals surface area contributed by atoms with Crippen molar-refractivity contribution < 1.29 is 9.18 Å². The van der Waals surface area contributed by atoms with E-state index in [1.807, 2.05) is 78.4 Å². The molecule has 158 valence electrons. The number of nitrogens with zero attached hydrogens (tertiary/aromatic N) is 2. The van der Waals surface area contributed by atoms with Gasteiger partial charge in [0.25, 0.3) is 5.91 Å². The molecule has 2 heterocycles. The van der Waals surface area contributed by atoms with E-state index in [9.17, 15) is 9.18 Å². The number of hydrogen-bond donors (Lipinski definition) is 0. The van der Waals surface area contributed by atoms with Crippen molar-refractivity contribution in [2.45, 2.75) is 13.5 Å². The lowest BCUT2D eigenvalue weighted by Crippen LogP contribution is -2.28. The van der Waals surface area contributed by atoms with Crippen LogP contribution in [-0.4, -0.2) is 14.8 Å². The van der Waals surface area contributed by atoms with Gasteiger partial charge in [-0.25, -0.2) is 4.39 Å². The molecular formula is C26H19FN2OS2. The van der Waals surface area contributed by atoms with Crippen LogP contribution in [0.4, 0.5) is 10.1 Å². The highest BCUT2D eigenvalue weighted by atomic mass is 32.2. The van der Waals surface area contributed by atoms with Crippen LogP contribution in [0.25, 0.3) is 17.0 Å². The summed E-state index contributed by atoms with van der Waals surface area (Å²) in [6.07, 6.45) is 3.86. The van der Waals surface area contributed by atoms with Crippen LogP contribution in [0, 0.1) is 12.7 Å². The van der Waals surface area contributed by atoms with Crippen LogP contribution in [0.3, 0.4) is 0 Å². The second kappa shape index (κ2) is 8.37. The van der Waals surface area contributed by atoms with Crippen molar-refractivity contribution in [3.05, 3.63) is 106 Å². The summed E-state index contributed by atoms with van der Waals surface area (Å²) in [7, 11) is 0. The van der Waals surface area contributed by atoms with Gasteiger partial charge in [0.05, 0.1) is 17.1 Å². The first-order valence-corrected chi connectivity index (χ1v) is 11.4. The maximum Gasteiger partial charge on any atom is 0.270 e. The highest BCUT2D eigenvalue weighted by Crippen LogP contribution is 2.38. The van der Waals surface area contributed by atoms with E-state index in [0.29, 0.717) is 21.3 Å². The first-order chi connectivity index (χ1) is 15.5. The normalized spacial score (nSPS) is 15.3. The van der Waals surface area contributed by atoms with Crippen molar-refractivity contribution in [3.63, 3.8) is 0 Å². The number of thioether (sulfide) groups is 1. The summed E-state index contributed by atoms with van der Waals surface area (Å²) < 4.78 is 16.8. The maximum absolute atomic E-state index is 14.2. The number of amides is 1. The number of aromatic nitrogens is 1. The minimum Gasteiger partial charge on any atom is -0.342 e. The van der Waals surface area contributed by atoms with Gasteiger partial charge in [0.15, 0.2) is 4.32 Å². The van der Waals surface area contributed by atoms with Crippen LogP contribution < -0.4 is 4.90 Å². The van der Waals surface area contributed by atoms with Gasteiger partial charge in [0, 0.05) is 28.2 Å². The second-order valence-electron chi connectivity index (χ2n) is 7.62. The van der Waals surface area contributed by atoms with Gasteiger partial charge in [0.1, 0.15) is 5.82 Å². The van der Waals surface area contributed by atoms with E-state index in [4.69, 9.17) is 12.2 Å². The van der Waals surface area contributed by atoms with Crippen molar-refractivity contribution in [2.24, 2.45) is 0 Å². The smallest absolute Gasteiger partial charge is 0.270 e. The Morgan fingerprint density at radius 1 is 1.00 bits per heavy atom. The molecule has 32 heavy (non-hydrogen) atoms. The monoisotopic (exact) mass is 458 g/mol. The van der Waals surface area contributed by atoms with Crippen LogP contribution in [0.5, 0.6) is 0 Å². The summed E-state index contributed by atoms with van der Waals surface area (Å²) in [6, 6.07) is 22.4. The van der Waals surface area contributed by atoms with Crippen LogP contribution in [0.15, 0.2) is 83.9 Å². The van der Waals surface area contributed by atoms with E-state index in [-0.39, 0.29) is 11.7 Å². The molecule has 1 saturated heterocycles. The minimum atomic E-state index is -0.231. The molecule has 4 aromatic rings. The molecule has 0 radical (unpaired) electrons. The Balaban J connectivity index is 1.54. The molecule has 3 aromatic carbocycles. The largest absolute Gasteiger partial charge is 0.342 e. The summed E-state index contributed by atoms with van der Waals surface area (Å²) in [5, 5.41) is 1.00. The van der Waals surface area contributed by atoms with Crippen LogP contribution in [0.2, 0.25) is 0 Å². The Hall–Kier alpha value is -3.22. The first-order valence-electron chi connectivity index (χ1n) is 10.2. The average Bonchev–Trinajstić information content (AvgIpc) is 3.27. The molecule has 0 atom stereocenters. The number of para-hydroxylation sites is 2. The van der Waals surface area contributed by atoms with E-state index >= 15 is 0 Å². The van der Waals surface area contributed by atoms with Gasteiger partial charge >= 0.3 is 0 Å². The summed E-state index contributed by atoms with van der Waals surface area (Å²) in [5.74, 6) is -0.355. The summed E-state index contributed by atoms with van der Waals surface area (Å²) >= 11 is 6.84. The number of thiocarbonyl (C=S) groups is 1. The zero-order valence-electron chi connectivity index (χ0n) is 17.3. The fraction of sp³-hybridized carbons (Fsp3) is 0.0769. The van der Waals surface area contributed by atoms with Crippen molar-refractivity contribution in [2.75, 3.05) is 4.90 Å². The predicted molar refractivity (Wildman–Crippen MR) is 134 cm³/mol. The number of carbonyl (C=O) groups excluding carboxylic acids is 1. The van der Waals surface area contributed by atoms with Gasteiger partial charge in [0.2, 0.25) is 0 Å². The fourth-order valence-electron chi connectivity index (χ4n) is 3.96. The third-order valence-electron chi connectivity index (χ3n) is 5.55. The number of carbonyl (C=O) groups is 1. The lowest BCUT2D eigenvalue weighted by molar-refractivity contribution is -0.113. The van der Waals surface area contributed by atoms with Crippen molar-refractivity contribution in [1.82, 2.24) is 4.57 Å². The molecule has 0 spiro atoms. The lowest BCUT2D eigenvalue weighted by atomic mass is 10.1. The molecule has 0 saturated carbocycles. The SMILES string of the molecule is Cc1ccccc1N1C(=O)/C(=C\c2cn(Cc3ccccc3F)c3ccccc23)SC1=S. The van der Waals surface area contributed by atoms with Crippen LogP contribution in [-0.2, 0) is 11.3 Å². The third kappa shape index (κ3) is 3.66. The van der Waals surface area contributed by atoms with E-state index in [2.05, 4.69) is 0 Å². The zero-order valence-corrected chi connectivity index (χ0v) is 18.9. The number of fused-ring (bicyclic) bond motifs is 1. The Morgan fingerprint density at radius 2 is 1.72 bits per heavy atom. The molecule has 1 amide bonds. The number of halogens is 1. The van der Waals surface area contributed by atoms with Crippen molar-refractivity contribution in [3.8, 4) is 0 Å². The van der Waals surface area contributed by atoms with Crippen molar-refractivity contribution in [1.29, 1.82) is 0 Å². The molecule has 0 unspecified atom stereocenters. The standard InChI is InChI=1S/C26H19FN2OS2/c1-17-8-2-6-12-22(17)29-25(30)24(32-26(29)31)14-19-16-28(23-13-7-4-10-20(19)23)15-18-9-3-5-11-21(18)27/h2-14,16H,15H2,1H3/b24-14+. The fourth-order valence-corrected chi connectivity index (χ4v) is 5.24. The Kier molecular flexibility index (Phi) is 5.41. The van der Waals surface area contributed by atoms with Gasteiger partial charge in [-0.2, -0.15) is 0 Å². The molecule has 1 fully saturated rings. The maximum atomic E-state index is 14.2. The lowest BCUT2D eigenvalue weighted by Gasteiger charge is -2.16. The Morgan fingerprint density at radius 3 is 2.53 bits per heavy atom. The van der Waals surface area contributed by atoms with Gasteiger partial charge in [-0.05, 0) is 36.8 Å². The molecule has 1 aliphatic heterocycles. The van der Waals surface area contributed by atoms with E-state index in [1.165, 1.54) is 17.8 Å². The third-order valence-corrected chi connectivity index (χ3v) is 6.86. The van der Waals surface area contributed by atoms with E-state index in [0.717, 1.165) is 27.7 Å². The predicted octanol–water partition coefficient (Wildman–Crippen LogP) is 6.54. The molecular weight excluding hydrogens is 439 g/mol. The second-order valence-corrected chi connectivity index (χ2v) is 9.30. The molecule has 0 aliphatic carbocycles. The number of rotatable bonds is 4. The molecule has 0 bridgehead atoms. The molecule has 5 rings (SSSR count). The first kappa shape index (κ1) is 20.7. The number of hydrogen-bond acceptors (Lipinski definition) is 3. The highest BCUT2D eigenvalue weighted by Gasteiger charge is 2.34. The molecule has 3 nitrogen and oxygen atoms in total. The number of anilines is 1. The number of aryl methyl sites for hydroxylation is 1. The number of benzene rings is 3. The van der Waals surface area contributed by atoms with Crippen LogP contribution in [0.1, 0.15) is 16.7 Å². The van der Waals surface area contributed by atoms with Gasteiger partial charge in [-0.1, -0.05) is 78.6 Å².